The quantitative estimate of drug-likeness (QED) is 0.126. The van der Waals surface area contributed by atoms with Crippen molar-refractivity contribution in [2.75, 3.05) is 0 Å². The van der Waals surface area contributed by atoms with Crippen molar-refractivity contribution in [2.45, 2.75) is 0 Å². The molecule has 10 nitrogen and oxygen atoms in total. The molecular weight excluding hydrogens is 1300 g/mol. The number of hydrogen-bond donors (Lipinski definition) is 0. The van der Waals surface area contributed by atoms with Crippen LogP contribution in [-0.2, 0) is 0 Å². The van der Waals surface area contributed by atoms with Gasteiger partial charge in [0, 0.05) is 77.1 Å². The molecule has 106 heavy (non-hydrogen) atoms. The molecule has 0 radical (unpaired) electrons. The Morgan fingerprint density at radius 1 is 0.179 bits per heavy atom. The summed E-state index contributed by atoms with van der Waals surface area (Å²) < 4.78 is 18.4. The van der Waals surface area contributed by atoms with Gasteiger partial charge in [-0.05, 0) is 118 Å². The molecule has 0 unspecified atom stereocenters. The summed E-state index contributed by atoms with van der Waals surface area (Å²) in [4.78, 5) is 29.8. The molecule has 0 bridgehead atoms. The van der Waals surface area contributed by atoms with E-state index in [-0.39, 0.29) is 0 Å². The third-order valence-electron chi connectivity index (χ3n) is 20.1. The Morgan fingerprint density at radius 3 is 0.830 bits per heavy atom. The monoisotopic (exact) mass is 1360 g/mol. The zero-order valence-corrected chi connectivity index (χ0v) is 57.0. The van der Waals surface area contributed by atoms with Crippen molar-refractivity contribution in [3.63, 3.8) is 0 Å². The van der Waals surface area contributed by atoms with Gasteiger partial charge in [0.25, 0.3) is 0 Å². The molecule has 0 fully saturated rings. The van der Waals surface area contributed by atoms with Crippen molar-refractivity contribution >= 4 is 87.5 Å². The first-order chi connectivity index (χ1) is 52.5. The van der Waals surface area contributed by atoms with Gasteiger partial charge in [0.2, 0.25) is 0 Å². The summed E-state index contributed by atoms with van der Waals surface area (Å²) in [5.74, 6) is 3.68. The molecular formula is C96H60N8O2. The van der Waals surface area contributed by atoms with Gasteiger partial charge >= 0.3 is 0 Å². The highest BCUT2D eigenvalue weighted by atomic mass is 16.3. The number of fused-ring (bicyclic) bond motifs is 14. The van der Waals surface area contributed by atoms with E-state index in [0.717, 1.165) is 138 Å². The number of furan rings is 2. The molecule has 0 spiro atoms. The van der Waals surface area contributed by atoms with Crippen LogP contribution >= 0.6 is 0 Å². The van der Waals surface area contributed by atoms with Gasteiger partial charge in [-0.2, -0.15) is 0 Å². The average Bonchev–Trinajstić information content (AvgIpc) is 1.57. The van der Waals surface area contributed by atoms with E-state index in [1.54, 1.807) is 0 Å². The van der Waals surface area contributed by atoms with Gasteiger partial charge in [-0.1, -0.05) is 279 Å². The van der Waals surface area contributed by atoms with Crippen LogP contribution in [-0.4, -0.2) is 39.0 Å². The minimum Gasteiger partial charge on any atom is -0.455 e. The smallest absolute Gasteiger partial charge is 0.164 e. The molecule has 6 heterocycles. The molecule has 0 saturated heterocycles. The van der Waals surface area contributed by atoms with Crippen molar-refractivity contribution in [1.82, 2.24) is 39.0 Å². The Balaban J connectivity index is 0.000000141. The topological polar surface area (TPSA) is 113 Å². The van der Waals surface area contributed by atoms with Crippen molar-refractivity contribution in [1.29, 1.82) is 0 Å². The standard InChI is InChI=1S/C51H32N4O.C45H28N4O/c1-4-13-33(14-5-1)35-23-25-37(26-24-35)50-52-49(36-17-8-3-9-18-36)53-51(54-50)39-27-28-41-42-29-30-45-47(48(42)56-46(41)32-39)43-21-10-11-22-44(43)55(45)40-20-12-19-38(31-40)34-15-6-2-7-16-34;1-4-13-29(14-5-1)32-19-12-20-34(27-32)49-38-22-11-10-21-37(38)41-39(49)26-25-36-35-24-23-33(28-40(35)50-42(36)41)45-47-43(30-15-6-2-7-16-30)46-44(48-45)31-17-8-3-9-18-31/h1-32H;1-28H. The van der Waals surface area contributed by atoms with Crippen LogP contribution in [0.25, 0.3) is 201 Å². The van der Waals surface area contributed by atoms with E-state index in [2.05, 4.69) is 276 Å². The summed E-state index contributed by atoms with van der Waals surface area (Å²) in [6.07, 6.45) is 0. The second kappa shape index (κ2) is 25.8. The van der Waals surface area contributed by atoms with E-state index in [4.69, 9.17) is 38.7 Å². The second-order valence-corrected chi connectivity index (χ2v) is 26.5. The van der Waals surface area contributed by atoms with Gasteiger partial charge in [-0.25, -0.2) is 29.9 Å². The fourth-order valence-corrected chi connectivity index (χ4v) is 15.0. The SMILES string of the molecule is c1ccc(-c2ccc(-c3nc(-c4ccccc4)nc(-c4ccc5c(c4)oc4c5ccc5c4c4ccccc4n5-c4cccc(-c5ccccc5)c4)n3)cc2)cc1.c1ccc(-c2cccc(-n3c4ccccc4c4c5oc6cc(-c7nc(-c8ccccc8)nc(-c8ccccc8)n7)ccc6c5ccc43)c2)cc1. The largest absolute Gasteiger partial charge is 0.455 e. The maximum absolute atomic E-state index is 6.88. The Bertz CT molecular complexity index is 6860. The summed E-state index contributed by atoms with van der Waals surface area (Å²) in [5, 5.41) is 8.72. The van der Waals surface area contributed by atoms with Crippen LogP contribution < -0.4 is 0 Å². The van der Waals surface area contributed by atoms with Crippen LogP contribution in [0.4, 0.5) is 0 Å². The van der Waals surface area contributed by atoms with E-state index in [0.29, 0.717) is 34.9 Å². The highest BCUT2D eigenvalue weighted by Crippen LogP contribution is 2.45. The lowest BCUT2D eigenvalue weighted by Gasteiger charge is -2.10. The molecule has 0 atom stereocenters. The lowest BCUT2D eigenvalue weighted by atomic mass is 10.0. The number of benzene rings is 15. The molecule has 496 valence electrons. The lowest BCUT2D eigenvalue weighted by molar-refractivity contribution is 0.672. The van der Waals surface area contributed by atoms with Gasteiger partial charge in [0.15, 0.2) is 34.9 Å². The molecule has 21 rings (SSSR count). The van der Waals surface area contributed by atoms with Crippen LogP contribution in [0.15, 0.2) is 373 Å². The van der Waals surface area contributed by atoms with Crippen LogP contribution in [0.5, 0.6) is 0 Å². The summed E-state index contributed by atoms with van der Waals surface area (Å²) in [6.45, 7) is 0. The number of rotatable bonds is 11. The summed E-state index contributed by atoms with van der Waals surface area (Å²) in [5.41, 5.74) is 22.4. The maximum Gasteiger partial charge on any atom is 0.164 e. The van der Waals surface area contributed by atoms with E-state index in [1.165, 1.54) is 27.8 Å². The number of aromatic nitrogens is 8. The number of nitrogens with zero attached hydrogens (tertiary/aromatic N) is 8. The summed E-state index contributed by atoms with van der Waals surface area (Å²) in [7, 11) is 0. The first kappa shape index (κ1) is 61.4. The molecule has 6 aromatic heterocycles. The highest BCUT2D eigenvalue weighted by molar-refractivity contribution is 6.25. The Kier molecular flexibility index (Phi) is 15.0. The molecule has 0 N–H and O–H groups in total. The molecule has 0 saturated carbocycles. The van der Waals surface area contributed by atoms with Crippen LogP contribution in [0.2, 0.25) is 0 Å². The zero-order valence-electron chi connectivity index (χ0n) is 57.0. The molecule has 0 aliphatic carbocycles. The zero-order chi connectivity index (χ0) is 70.0. The first-order valence-electron chi connectivity index (χ1n) is 35.5. The third kappa shape index (κ3) is 10.9. The third-order valence-corrected chi connectivity index (χ3v) is 20.1. The molecule has 0 aliphatic rings. The van der Waals surface area contributed by atoms with Gasteiger partial charge in [0.05, 0.1) is 32.8 Å². The Labute approximate surface area is 608 Å². The first-order valence-corrected chi connectivity index (χ1v) is 35.5. The summed E-state index contributed by atoms with van der Waals surface area (Å²) >= 11 is 0. The highest BCUT2D eigenvalue weighted by Gasteiger charge is 2.24. The minimum absolute atomic E-state index is 0.586. The summed E-state index contributed by atoms with van der Waals surface area (Å²) in [6, 6.07) is 126. The molecule has 0 amide bonds. The van der Waals surface area contributed by atoms with Crippen LogP contribution in [0.1, 0.15) is 0 Å². The van der Waals surface area contributed by atoms with Crippen molar-refractivity contribution < 1.29 is 8.83 Å². The molecule has 10 heteroatoms. The van der Waals surface area contributed by atoms with Crippen LogP contribution in [0.3, 0.4) is 0 Å². The maximum atomic E-state index is 6.88. The van der Waals surface area contributed by atoms with E-state index >= 15 is 0 Å². The Hall–Kier alpha value is -14.5. The lowest BCUT2D eigenvalue weighted by Crippen LogP contribution is -2.00. The van der Waals surface area contributed by atoms with E-state index in [9.17, 15) is 0 Å². The van der Waals surface area contributed by atoms with Crippen molar-refractivity contribution in [3.8, 4) is 113 Å². The van der Waals surface area contributed by atoms with Crippen LogP contribution in [0, 0.1) is 0 Å². The molecule has 15 aromatic carbocycles. The van der Waals surface area contributed by atoms with Gasteiger partial charge < -0.3 is 18.0 Å². The van der Waals surface area contributed by atoms with Gasteiger partial charge in [0.1, 0.15) is 22.3 Å². The molecule has 0 aliphatic heterocycles. The second-order valence-electron chi connectivity index (χ2n) is 26.5. The van der Waals surface area contributed by atoms with Gasteiger partial charge in [-0.3, -0.25) is 0 Å². The van der Waals surface area contributed by atoms with Crippen molar-refractivity contribution in [2.24, 2.45) is 0 Å². The van der Waals surface area contributed by atoms with Crippen molar-refractivity contribution in [3.05, 3.63) is 364 Å². The van der Waals surface area contributed by atoms with E-state index in [1.807, 2.05) is 97.1 Å². The number of para-hydroxylation sites is 2. The number of hydrogen-bond acceptors (Lipinski definition) is 8. The minimum atomic E-state index is 0.586. The van der Waals surface area contributed by atoms with Gasteiger partial charge in [-0.15, -0.1) is 0 Å². The normalized spacial score (nSPS) is 11.6. The predicted molar refractivity (Wildman–Crippen MR) is 432 cm³/mol. The van der Waals surface area contributed by atoms with E-state index < -0.39 is 0 Å². The fourth-order valence-electron chi connectivity index (χ4n) is 15.0. The average molecular weight is 1360 g/mol. The fraction of sp³-hybridized carbons (Fsp3) is 0. The predicted octanol–water partition coefficient (Wildman–Crippen LogP) is 24.7. The Morgan fingerprint density at radius 2 is 0.453 bits per heavy atom. The molecule has 21 aromatic rings.